The summed E-state index contributed by atoms with van der Waals surface area (Å²) in [7, 11) is 4.17. The quantitative estimate of drug-likeness (QED) is 0.834. The van der Waals surface area contributed by atoms with Crippen molar-refractivity contribution in [3.8, 4) is 5.75 Å². The van der Waals surface area contributed by atoms with Gasteiger partial charge in [-0.05, 0) is 44.2 Å². The average Bonchev–Trinajstić information content (AvgIpc) is 3.14. The van der Waals surface area contributed by atoms with E-state index in [1.165, 1.54) is 10.6 Å². The normalized spacial score (nSPS) is 17.0. The smallest absolute Gasteiger partial charge is 0.134 e. The number of hydrogen-bond acceptors (Lipinski definition) is 5. The van der Waals surface area contributed by atoms with Crippen LogP contribution in [0.1, 0.15) is 17.4 Å². The lowest BCUT2D eigenvalue weighted by molar-refractivity contribution is 0.198. The van der Waals surface area contributed by atoms with E-state index in [0.717, 1.165) is 44.9 Å². The molecule has 1 saturated heterocycles. The van der Waals surface area contributed by atoms with Gasteiger partial charge in [0.05, 0.1) is 0 Å². The van der Waals surface area contributed by atoms with E-state index in [0.29, 0.717) is 0 Å². The van der Waals surface area contributed by atoms with E-state index in [4.69, 9.17) is 4.74 Å². The second-order valence-corrected chi connectivity index (χ2v) is 7.28. The van der Waals surface area contributed by atoms with Crippen molar-refractivity contribution < 1.29 is 4.74 Å². The van der Waals surface area contributed by atoms with Crippen molar-refractivity contribution in [1.29, 1.82) is 0 Å². The summed E-state index contributed by atoms with van der Waals surface area (Å²) in [6.45, 7) is 5.33. The third-order valence-electron chi connectivity index (χ3n) is 4.48. The average molecular weight is 346 g/mol. The molecule has 1 aliphatic rings. The second-order valence-electron chi connectivity index (χ2n) is 6.30. The number of nitrogens with one attached hydrogen (secondary N) is 1. The van der Waals surface area contributed by atoms with Crippen LogP contribution in [0.4, 0.5) is 5.69 Å². The second kappa shape index (κ2) is 8.51. The third kappa shape index (κ3) is 4.50. The van der Waals surface area contributed by atoms with Crippen LogP contribution in [-0.4, -0.2) is 51.7 Å². The molecule has 1 N–H and O–H groups in total. The zero-order valence-corrected chi connectivity index (χ0v) is 15.4. The number of benzene rings is 1. The van der Waals surface area contributed by atoms with Gasteiger partial charge < -0.3 is 19.9 Å². The van der Waals surface area contributed by atoms with Gasteiger partial charge in [0.25, 0.3) is 0 Å². The molecule has 0 amide bonds. The van der Waals surface area contributed by atoms with Crippen LogP contribution in [0.3, 0.4) is 0 Å². The molecule has 1 fully saturated rings. The number of rotatable bonds is 7. The van der Waals surface area contributed by atoms with Crippen LogP contribution >= 0.6 is 11.3 Å². The summed E-state index contributed by atoms with van der Waals surface area (Å²) in [5.41, 5.74) is 1.26. The molecule has 24 heavy (non-hydrogen) atoms. The molecule has 0 saturated carbocycles. The molecule has 2 heterocycles. The van der Waals surface area contributed by atoms with E-state index in [9.17, 15) is 0 Å². The molecule has 3 rings (SSSR count). The number of piperazine rings is 1. The number of ether oxygens (including phenoxy) is 1. The van der Waals surface area contributed by atoms with Crippen molar-refractivity contribution in [2.24, 2.45) is 0 Å². The molecule has 1 aliphatic heterocycles. The Hall–Kier alpha value is -1.56. The van der Waals surface area contributed by atoms with Gasteiger partial charge in [0.15, 0.2) is 0 Å². The summed E-state index contributed by atoms with van der Waals surface area (Å²) in [6, 6.07) is 12.8. The monoisotopic (exact) mass is 345 g/mol. The molecule has 1 atom stereocenters. The van der Waals surface area contributed by atoms with Crippen LogP contribution < -0.4 is 15.0 Å². The standard InChI is InChI=1S/C19H27N3OS/c1-20-9-8-18(19-7-4-14-24-19)23-17-6-3-5-16(15-17)22-12-10-21(2)11-13-22/h3-7,14-15,18,20H,8-13H2,1-2H3. The van der Waals surface area contributed by atoms with Crippen molar-refractivity contribution in [3.63, 3.8) is 0 Å². The topological polar surface area (TPSA) is 27.7 Å². The maximum atomic E-state index is 6.35. The molecule has 5 heteroatoms. The highest BCUT2D eigenvalue weighted by atomic mass is 32.1. The van der Waals surface area contributed by atoms with Crippen molar-refractivity contribution in [2.75, 3.05) is 51.7 Å². The number of anilines is 1. The lowest BCUT2D eigenvalue weighted by Gasteiger charge is -2.34. The highest BCUT2D eigenvalue weighted by molar-refractivity contribution is 7.10. The van der Waals surface area contributed by atoms with E-state index in [-0.39, 0.29) is 6.10 Å². The highest BCUT2D eigenvalue weighted by Gasteiger charge is 2.17. The molecular formula is C19H27N3OS. The molecule has 0 radical (unpaired) electrons. The molecule has 1 aromatic carbocycles. The van der Waals surface area contributed by atoms with Gasteiger partial charge >= 0.3 is 0 Å². The van der Waals surface area contributed by atoms with E-state index < -0.39 is 0 Å². The van der Waals surface area contributed by atoms with E-state index in [1.807, 2.05) is 7.05 Å². The Bertz CT molecular complexity index is 609. The van der Waals surface area contributed by atoms with Gasteiger partial charge in [-0.3, -0.25) is 0 Å². The molecule has 130 valence electrons. The van der Waals surface area contributed by atoms with Crippen molar-refractivity contribution in [2.45, 2.75) is 12.5 Å². The summed E-state index contributed by atoms with van der Waals surface area (Å²) in [5.74, 6) is 0.959. The first-order chi connectivity index (χ1) is 11.8. The van der Waals surface area contributed by atoms with Crippen molar-refractivity contribution in [3.05, 3.63) is 46.7 Å². The predicted octanol–water partition coefficient (Wildman–Crippen LogP) is 3.23. The Labute approximate surface area is 149 Å². The van der Waals surface area contributed by atoms with Crippen LogP contribution in [-0.2, 0) is 0 Å². The molecule has 1 aromatic heterocycles. The van der Waals surface area contributed by atoms with Crippen LogP contribution in [0.25, 0.3) is 0 Å². The van der Waals surface area contributed by atoms with Gasteiger partial charge in [-0.25, -0.2) is 0 Å². The Balaban J connectivity index is 1.70. The number of likely N-dealkylation sites (N-methyl/N-ethyl adjacent to an activating group) is 1. The van der Waals surface area contributed by atoms with Gasteiger partial charge in [0, 0.05) is 49.2 Å². The van der Waals surface area contributed by atoms with E-state index in [2.05, 4.69) is 63.9 Å². The first-order valence-corrected chi connectivity index (χ1v) is 9.52. The maximum Gasteiger partial charge on any atom is 0.134 e. The SMILES string of the molecule is CNCCC(Oc1cccc(N2CCN(C)CC2)c1)c1cccs1. The van der Waals surface area contributed by atoms with Crippen molar-refractivity contribution >= 4 is 17.0 Å². The minimum Gasteiger partial charge on any atom is -0.485 e. The molecule has 0 bridgehead atoms. The Morgan fingerprint density at radius 1 is 1.17 bits per heavy atom. The van der Waals surface area contributed by atoms with Crippen LogP contribution in [0.2, 0.25) is 0 Å². The summed E-state index contributed by atoms with van der Waals surface area (Å²) >= 11 is 1.76. The number of nitrogens with zero attached hydrogens (tertiary/aromatic N) is 2. The van der Waals surface area contributed by atoms with Crippen molar-refractivity contribution in [1.82, 2.24) is 10.2 Å². The molecule has 0 aliphatic carbocycles. The van der Waals surface area contributed by atoms with Crippen LogP contribution in [0.15, 0.2) is 41.8 Å². The summed E-state index contributed by atoms with van der Waals surface area (Å²) in [5, 5.41) is 5.34. The van der Waals surface area contributed by atoms with Crippen LogP contribution in [0, 0.1) is 0 Å². The zero-order valence-electron chi connectivity index (χ0n) is 14.6. The van der Waals surface area contributed by atoms with E-state index >= 15 is 0 Å². The number of thiophene rings is 1. The van der Waals surface area contributed by atoms with Gasteiger partial charge in [-0.2, -0.15) is 0 Å². The minimum absolute atomic E-state index is 0.111. The fourth-order valence-electron chi connectivity index (χ4n) is 2.99. The molecule has 1 unspecified atom stereocenters. The third-order valence-corrected chi connectivity index (χ3v) is 5.45. The lowest BCUT2D eigenvalue weighted by Crippen LogP contribution is -2.44. The van der Waals surface area contributed by atoms with Crippen LogP contribution in [0.5, 0.6) is 5.75 Å². The molecule has 2 aromatic rings. The first kappa shape index (κ1) is 17.3. The fourth-order valence-corrected chi connectivity index (χ4v) is 3.78. The lowest BCUT2D eigenvalue weighted by atomic mass is 10.2. The molecular weight excluding hydrogens is 318 g/mol. The maximum absolute atomic E-state index is 6.35. The predicted molar refractivity (Wildman–Crippen MR) is 102 cm³/mol. The van der Waals surface area contributed by atoms with E-state index in [1.54, 1.807) is 11.3 Å². The van der Waals surface area contributed by atoms with Gasteiger partial charge in [-0.15, -0.1) is 11.3 Å². The molecule has 4 nitrogen and oxygen atoms in total. The minimum atomic E-state index is 0.111. The fraction of sp³-hybridized carbons (Fsp3) is 0.474. The van der Waals surface area contributed by atoms with Gasteiger partial charge in [0.1, 0.15) is 11.9 Å². The molecule has 0 spiro atoms. The Morgan fingerprint density at radius 2 is 2.00 bits per heavy atom. The van der Waals surface area contributed by atoms with Gasteiger partial charge in [0.2, 0.25) is 0 Å². The summed E-state index contributed by atoms with van der Waals surface area (Å²) < 4.78 is 6.35. The largest absolute Gasteiger partial charge is 0.485 e. The first-order valence-electron chi connectivity index (χ1n) is 8.64. The number of hydrogen-bond donors (Lipinski definition) is 1. The van der Waals surface area contributed by atoms with Gasteiger partial charge in [-0.1, -0.05) is 12.1 Å². The zero-order chi connectivity index (χ0) is 16.8. The summed E-state index contributed by atoms with van der Waals surface area (Å²) in [4.78, 5) is 6.11. The Kier molecular flexibility index (Phi) is 6.12. The Morgan fingerprint density at radius 3 is 2.71 bits per heavy atom. The summed E-state index contributed by atoms with van der Waals surface area (Å²) in [6.07, 6.45) is 1.08. The highest BCUT2D eigenvalue weighted by Crippen LogP contribution is 2.30.